The normalized spacial score (nSPS) is 13.7. The SMILES string of the molecule is c1ccc(-c2ccc3oc4cccc(N(c5cccc(C6(c7ccccc7)c7ccccc7-c7ccccc76)c5)c5ccc6c(c5)C(c5ccccc5)(c5ccccc5)c5ccccc5-6)c4c3c2)cc1. The van der Waals surface area contributed by atoms with Gasteiger partial charge in [-0.3, -0.25) is 0 Å². The standard InChI is InChI=1S/C68H45NO/c1-5-21-46(22-6-1)47-39-42-64-58(43-47)66-63(37-20-38-65(66)70-64)69(52-30-19-29-51(44-52)68(50-27-11-4-12-28-50)60-35-17-13-31-54(60)55-32-14-18-36-61(55)68)53-40-41-57-56-33-15-16-34-59(56)67(62(57)45-53,48-23-7-2-8-24-48)49-25-9-3-10-26-49/h1-45H. The van der Waals surface area contributed by atoms with E-state index in [1.807, 2.05) is 0 Å². The highest BCUT2D eigenvalue weighted by Crippen LogP contribution is 2.59. The van der Waals surface area contributed by atoms with Gasteiger partial charge in [-0.2, -0.15) is 0 Å². The molecule has 14 rings (SSSR count). The van der Waals surface area contributed by atoms with E-state index in [9.17, 15) is 0 Å². The molecule has 0 spiro atoms. The average Bonchev–Trinajstić information content (AvgIpc) is 4.07. The zero-order valence-electron chi connectivity index (χ0n) is 38.3. The van der Waals surface area contributed by atoms with Gasteiger partial charge in [0.1, 0.15) is 11.2 Å². The predicted molar refractivity (Wildman–Crippen MR) is 288 cm³/mol. The Morgan fingerprint density at radius 2 is 0.757 bits per heavy atom. The van der Waals surface area contributed by atoms with E-state index in [1.165, 1.54) is 72.3 Å². The van der Waals surface area contributed by atoms with E-state index in [0.717, 1.165) is 44.6 Å². The van der Waals surface area contributed by atoms with E-state index >= 15 is 0 Å². The topological polar surface area (TPSA) is 16.4 Å². The molecule has 12 aromatic rings. The van der Waals surface area contributed by atoms with Gasteiger partial charge in [-0.1, -0.05) is 224 Å². The molecule has 328 valence electrons. The number of benzene rings is 11. The Morgan fingerprint density at radius 3 is 1.34 bits per heavy atom. The minimum absolute atomic E-state index is 0.578. The Hall–Kier alpha value is -8.98. The zero-order valence-corrected chi connectivity index (χ0v) is 38.3. The van der Waals surface area contributed by atoms with Crippen molar-refractivity contribution in [2.45, 2.75) is 10.8 Å². The van der Waals surface area contributed by atoms with Crippen LogP contribution in [0.3, 0.4) is 0 Å². The van der Waals surface area contributed by atoms with Crippen molar-refractivity contribution >= 4 is 39.0 Å². The molecule has 0 atom stereocenters. The molecule has 0 fully saturated rings. The van der Waals surface area contributed by atoms with E-state index in [0.29, 0.717) is 0 Å². The third-order valence-corrected chi connectivity index (χ3v) is 15.2. The number of anilines is 3. The molecular formula is C68H45NO. The Labute approximate surface area is 408 Å². The first-order valence-electron chi connectivity index (χ1n) is 24.2. The van der Waals surface area contributed by atoms with Gasteiger partial charge in [-0.15, -0.1) is 0 Å². The van der Waals surface area contributed by atoms with Crippen molar-refractivity contribution < 1.29 is 4.42 Å². The first kappa shape index (κ1) is 40.1. The van der Waals surface area contributed by atoms with E-state index in [-0.39, 0.29) is 0 Å². The minimum Gasteiger partial charge on any atom is -0.456 e. The van der Waals surface area contributed by atoms with Crippen LogP contribution in [0.2, 0.25) is 0 Å². The Kier molecular flexibility index (Phi) is 9.06. The molecule has 2 aliphatic rings. The fourth-order valence-corrected chi connectivity index (χ4v) is 12.4. The summed E-state index contributed by atoms with van der Waals surface area (Å²) in [7, 11) is 0. The Bertz CT molecular complexity index is 3860. The summed E-state index contributed by atoms with van der Waals surface area (Å²) in [6, 6.07) is 101. The molecule has 0 amide bonds. The van der Waals surface area contributed by atoms with Gasteiger partial charge in [0, 0.05) is 16.8 Å². The number of fused-ring (bicyclic) bond motifs is 9. The summed E-state index contributed by atoms with van der Waals surface area (Å²) >= 11 is 0. The number of hydrogen-bond acceptors (Lipinski definition) is 2. The molecule has 70 heavy (non-hydrogen) atoms. The van der Waals surface area contributed by atoms with Crippen LogP contribution in [0.4, 0.5) is 17.1 Å². The van der Waals surface area contributed by atoms with Crippen LogP contribution in [0.1, 0.15) is 44.5 Å². The van der Waals surface area contributed by atoms with Crippen LogP contribution in [-0.4, -0.2) is 0 Å². The molecule has 2 aliphatic carbocycles. The fourth-order valence-electron chi connectivity index (χ4n) is 12.4. The van der Waals surface area contributed by atoms with Crippen molar-refractivity contribution in [3.05, 3.63) is 317 Å². The lowest BCUT2D eigenvalue weighted by Gasteiger charge is -2.36. The van der Waals surface area contributed by atoms with Crippen LogP contribution < -0.4 is 4.90 Å². The maximum absolute atomic E-state index is 6.80. The van der Waals surface area contributed by atoms with Gasteiger partial charge < -0.3 is 9.32 Å². The molecule has 0 saturated carbocycles. The molecular weight excluding hydrogens is 847 g/mol. The van der Waals surface area contributed by atoms with Crippen LogP contribution in [-0.2, 0) is 10.8 Å². The number of rotatable bonds is 8. The van der Waals surface area contributed by atoms with E-state index in [1.54, 1.807) is 0 Å². The summed E-state index contributed by atoms with van der Waals surface area (Å²) in [6.45, 7) is 0. The first-order chi connectivity index (χ1) is 34.7. The molecule has 11 aromatic carbocycles. The van der Waals surface area contributed by atoms with Crippen molar-refractivity contribution in [1.82, 2.24) is 0 Å². The number of nitrogens with zero attached hydrogens (tertiary/aromatic N) is 1. The summed E-state index contributed by atoms with van der Waals surface area (Å²) in [6.07, 6.45) is 0. The molecule has 0 N–H and O–H groups in total. The van der Waals surface area contributed by atoms with Crippen LogP contribution in [0.5, 0.6) is 0 Å². The van der Waals surface area contributed by atoms with Crippen LogP contribution >= 0.6 is 0 Å². The van der Waals surface area contributed by atoms with Gasteiger partial charge >= 0.3 is 0 Å². The largest absolute Gasteiger partial charge is 0.456 e. The van der Waals surface area contributed by atoms with Gasteiger partial charge in [0.05, 0.1) is 21.9 Å². The third kappa shape index (κ3) is 5.74. The van der Waals surface area contributed by atoms with Crippen LogP contribution in [0, 0.1) is 0 Å². The third-order valence-electron chi connectivity index (χ3n) is 15.2. The summed E-state index contributed by atoms with van der Waals surface area (Å²) < 4.78 is 6.80. The second-order valence-electron chi connectivity index (χ2n) is 18.7. The van der Waals surface area contributed by atoms with Crippen molar-refractivity contribution in [1.29, 1.82) is 0 Å². The molecule has 0 radical (unpaired) electrons. The molecule has 2 heteroatoms. The summed E-state index contributed by atoms with van der Waals surface area (Å²) in [5, 5.41) is 2.14. The lowest BCUT2D eigenvalue weighted by molar-refractivity contribution is 0.669. The average molecular weight is 892 g/mol. The molecule has 1 heterocycles. The fraction of sp³-hybridized carbons (Fsp3) is 0.0294. The molecule has 2 nitrogen and oxygen atoms in total. The molecule has 1 aromatic heterocycles. The zero-order chi connectivity index (χ0) is 46.2. The van der Waals surface area contributed by atoms with Gasteiger partial charge in [0.15, 0.2) is 0 Å². The maximum Gasteiger partial charge on any atom is 0.137 e. The molecule has 0 saturated heterocycles. The summed E-state index contributed by atoms with van der Waals surface area (Å²) in [4.78, 5) is 2.49. The molecule has 0 unspecified atom stereocenters. The first-order valence-corrected chi connectivity index (χ1v) is 24.2. The van der Waals surface area contributed by atoms with Crippen molar-refractivity contribution in [3.8, 4) is 33.4 Å². The Morgan fingerprint density at radius 1 is 0.286 bits per heavy atom. The van der Waals surface area contributed by atoms with Gasteiger partial charge in [0.2, 0.25) is 0 Å². The van der Waals surface area contributed by atoms with Gasteiger partial charge in [-0.25, -0.2) is 0 Å². The number of furan rings is 1. The van der Waals surface area contributed by atoms with E-state index < -0.39 is 10.8 Å². The van der Waals surface area contributed by atoms with Gasteiger partial charge in [0.25, 0.3) is 0 Å². The number of hydrogen-bond donors (Lipinski definition) is 0. The maximum atomic E-state index is 6.80. The quantitative estimate of drug-likeness (QED) is 0.151. The Balaban J connectivity index is 1.07. The van der Waals surface area contributed by atoms with E-state index in [4.69, 9.17) is 4.42 Å². The smallest absolute Gasteiger partial charge is 0.137 e. The second kappa shape index (κ2) is 15.8. The molecule has 0 bridgehead atoms. The van der Waals surface area contributed by atoms with Crippen molar-refractivity contribution in [2.24, 2.45) is 0 Å². The van der Waals surface area contributed by atoms with Gasteiger partial charge in [-0.05, 0) is 126 Å². The lowest BCUT2D eigenvalue weighted by Crippen LogP contribution is -2.29. The van der Waals surface area contributed by atoms with Crippen molar-refractivity contribution in [3.63, 3.8) is 0 Å². The van der Waals surface area contributed by atoms with Crippen molar-refractivity contribution in [2.75, 3.05) is 4.90 Å². The highest BCUT2D eigenvalue weighted by Gasteiger charge is 2.48. The second-order valence-corrected chi connectivity index (χ2v) is 18.7. The minimum atomic E-state index is -0.579. The van der Waals surface area contributed by atoms with Crippen LogP contribution in [0.25, 0.3) is 55.3 Å². The highest BCUT2D eigenvalue weighted by atomic mass is 16.3. The summed E-state index contributed by atoms with van der Waals surface area (Å²) in [5.74, 6) is 0. The molecule has 0 aliphatic heterocycles. The highest BCUT2D eigenvalue weighted by molar-refractivity contribution is 6.14. The van der Waals surface area contributed by atoms with Crippen LogP contribution in [0.15, 0.2) is 277 Å². The lowest BCUT2D eigenvalue weighted by atomic mass is 9.67. The monoisotopic (exact) mass is 891 g/mol. The predicted octanol–water partition coefficient (Wildman–Crippen LogP) is 17.4. The summed E-state index contributed by atoms with van der Waals surface area (Å²) in [5.41, 5.74) is 21.0. The van der Waals surface area contributed by atoms with E-state index in [2.05, 4.69) is 278 Å².